The molecule has 76 valence electrons. The average molecular weight is 209 g/mol. The number of hydrogen-bond donors (Lipinski definition) is 0. The number of aryl methyl sites for hydroxylation is 1. The zero-order valence-electron chi connectivity index (χ0n) is 8.78. The lowest BCUT2D eigenvalue weighted by Crippen LogP contribution is -2.15. The molecule has 0 atom stereocenters. The van der Waals surface area contributed by atoms with Crippen molar-refractivity contribution in [2.45, 2.75) is 18.2 Å². The van der Waals surface area contributed by atoms with Crippen molar-refractivity contribution in [1.82, 2.24) is 4.90 Å². The second-order valence-corrected chi connectivity index (χ2v) is 4.29. The van der Waals surface area contributed by atoms with Crippen LogP contribution in [-0.2, 0) is 6.42 Å². The first kappa shape index (κ1) is 11.1. The molecule has 0 aliphatic rings. The molecule has 0 aliphatic heterocycles. The van der Waals surface area contributed by atoms with Crippen molar-refractivity contribution in [3.63, 3.8) is 0 Å². The van der Waals surface area contributed by atoms with E-state index in [1.165, 1.54) is 17.3 Å². The Morgan fingerprint density at radius 2 is 2.14 bits per heavy atom. The molecule has 0 bridgehead atoms. The van der Waals surface area contributed by atoms with Gasteiger partial charge >= 0.3 is 0 Å². The smallest absolute Gasteiger partial charge is 0.285 e. The molecule has 0 heterocycles. The predicted octanol–water partition coefficient (Wildman–Crippen LogP) is 3.02. The largest absolute Gasteiger partial charge is 0.339 e. The molecule has 1 amide bonds. The number of benzene rings is 1. The molecular formula is C11H15NOS. The van der Waals surface area contributed by atoms with Gasteiger partial charge in [0.25, 0.3) is 5.24 Å². The fourth-order valence-corrected chi connectivity index (χ4v) is 1.76. The number of thioether (sulfide) groups is 1. The van der Waals surface area contributed by atoms with E-state index in [4.69, 9.17) is 0 Å². The molecule has 0 aromatic heterocycles. The third-order valence-corrected chi connectivity index (χ3v) is 2.91. The lowest BCUT2D eigenvalue weighted by Gasteiger charge is -2.09. The Morgan fingerprint density at radius 3 is 2.71 bits per heavy atom. The summed E-state index contributed by atoms with van der Waals surface area (Å²) in [5, 5.41) is 0.0678. The van der Waals surface area contributed by atoms with Crippen molar-refractivity contribution in [3.05, 3.63) is 29.8 Å². The Morgan fingerprint density at radius 1 is 1.43 bits per heavy atom. The van der Waals surface area contributed by atoms with Crippen LogP contribution in [0.4, 0.5) is 4.79 Å². The Labute approximate surface area is 89.3 Å². The molecule has 0 fully saturated rings. The SMILES string of the molecule is CCc1cccc(SC(=O)N(C)C)c1. The number of rotatable bonds is 2. The molecule has 0 radical (unpaired) electrons. The molecule has 0 spiro atoms. The average Bonchev–Trinajstić information content (AvgIpc) is 2.18. The second kappa shape index (κ2) is 5.05. The fourth-order valence-electron chi connectivity index (χ4n) is 1.02. The summed E-state index contributed by atoms with van der Waals surface area (Å²) < 4.78 is 0. The van der Waals surface area contributed by atoms with E-state index in [0.29, 0.717) is 0 Å². The number of carbonyl (C=O) groups excluding carboxylic acids is 1. The van der Waals surface area contributed by atoms with E-state index in [9.17, 15) is 4.79 Å². The molecular weight excluding hydrogens is 194 g/mol. The van der Waals surface area contributed by atoms with E-state index in [1.54, 1.807) is 19.0 Å². The van der Waals surface area contributed by atoms with E-state index in [0.717, 1.165) is 11.3 Å². The molecule has 1 aromatic carbocycles. The Kier molecular flexibility index (Phi) is 4.01. The fraction of sp³-hybridized carbons (Fsp3) is 0.364. The first-order valence-electron chi connectivity index (χ1n) is 4.61. The highest BCUT2D eigenvalue weighted by Gasteiger charge is 2.06. The third kappa shape index (κ3) is 3.07. The first-order chi connectivity index (χ1) is 6.63. The third-order valence-electron chi connectivity index (χ3n) is 1.88. The van der Waals surface area contributed by atoms with Gasteiger partial charge in [-0.1, -0.05) is 19.1 Å². The maximum atomic E-state index is 11.4. The molecule has 0 unspecified atom stereocenters. The quantitative estimate of drug-likeness (QED) is 0.698. The van der Waals surface area contributed by atoms with Gasteiger partial charge < -0.3 is 4.90 Å². The molecule has 1 aromatic rings. The first-order valence-corrected chi connectivity index (χ1v) is 5.43. The minimum absolute atomic E-state index is 0.0678. The number of nitrogens with zero attached hydrogens (tertiary/aromatic N) is 1. The van der Waals surface area contributed by atoms with E-state index < -0.39 is 0 Å². The van der Waals surface area contributed by atoms with Gasteiger partial charge in [0, 0.05) is 19.0 Å². The lowest BCUT2D eigenvalue weighted by atomic mass is 10.2. The van der Waals surface area contributed by atoms with Gasteiger partial charge in [-0.15, -0.1) is 0 Å². The van der Waals surface area contributed by atoms with Crippen molar-refractivity contribution >= 4 is 17.0 Å². The van der Waals surface area contributed by atoms with Crippen LogP contribution in [0, 0.1) is 0 Å². The summed E-state index contributed by atoms with van der Waals surface area (Å²) in [6.45, 7) is 2.11. The van der Waals surface area contributed by atoms with E-state index in [-0.39, 0.29) is 5.24 Å². The van der Waals surface area contributed by atoms with Crippen LogP contribution in [0.15, 0.2) is 29.2 Å². The lowest BCUT2D eigenvalue weighted by molar-refractivity contribution is 0.241. The summed E-state index contributed by atoms with van der Waals surface area (Å²) >= 11 is 1.27. The van der Waals surface area contributed by atoms with Gasteiger partial charge in [0.1, 0.15) is 0 Å². The van der Waals surface area contributed by atoms with Gasteiger partial charge in [-0.25, -0.2) is 0 Å². The van der Waals surface area contributed by atoms with Crippen LogP contribution in [-0.4, -0.2) is 24.2 Å². The van der Waals surface area contributed by atoms with Gasteiger partial charge in [0.05, 0.1) is 0 Å². The minimum Gasteiger partial charge on any atom is -0.339 e. The summed E-state index contributed by atoms with van der Waals surface area (Å²) in [5.41, 5.74) is 1.27. The molecule has 0 saturated heterocycles. The summed E-state index contributed by atoms with van der Waals surface area (Å²) in [6.07, 6.45) is 1.00. The highest BCUT2D eigenvalue weighted by molar-refractivity contribution is 8.13. The molecule has 2 nitrogen and oxygen atoms in total. The maximum Gasteiger partial charge on any atom is 0.285 e. The van der Waals surface area contributed by atoms with Crippen molar-refractivity contribution in [2.24, 2.45) is 0 Å². The van der Waals surface area contributed by atoms with Crippen LogP contribution in [0.1, 0.15) is 12.5 Å². The summed E-state index contributed by atoms with van der Waals surface area (Å²) in [6, 6.07) is 8.09. The predicted molar refractivity (Wildman–Crippen MR) is 60.8 cm³/mol. The second-order valence-electron chi connectivity index (χ2n) is 3.26. The van der Waals surface area contributed by atoms with Gasteiger partial charge in [-0.3, -0.25) is 4.79 Å². The van der Waals surface area contributed by atoms with Crippen LogP contribution in [0.5, 0.6) is 0 Å². The zero-order valence-corrected chi connectivity index (χ0v) is 9.60. The summed E-state index contributed by atoms with van der Waals surface area (Å²) in [7, 11) is 3.53. The van der Waals surface area contributed by atoms with E-state index in [2.05, 4.69) is 19.1 Å². The zero-order chi connectivity index (χ0) is 10.6. The van der Waals surface area contributed by atoms with Gasteiger partial charge in [-0.2, -0.15) is 0 Å². The molecule has 0 N–H and O–H groups in total. The Bertz CT molecular complexity index is 323. The van der Waals surface area contributed by atoms with Crippen molar-refractivity contribution in [3.8, 4) is 0 Å². The van der Waals surface area contributed by atoms with Crippen LogP contribution in [0.25, 0.3) is 0 Å². The summed E-state index contributed by atoms with van der Waals surface area (Å²) in [5.74, 6) is 0. The number of carbonyl (C=O) groups is 1. The van der Waals surface area contributed by atoms with E-state index >= 15 is 0 Å². The minimum atomic E-state index is 0.0678. The topological polar surface area (TPSA) is 20.3 Å². The highest BCUT2D eigenvalue weighted by Crippen LogP contribution is 2.21. The van der Waals surface area contributed by atoms with Crippen molar-refractivity contribution in [2.75, 3.05) is 14.1 Å². The number of hydrogen-bond acceptors (Lipinski definition) is 2. The molecule has 3 heteroatoms. The molecule has 0 aliphatic carbocycles. The molecule has 14 heavy (non-hydrogen) atoms. The molecule has 0 saturated carbocycles. The monoisotopic (exact) mass is 209 g/mol. The molecule has 1 rings (SSSR count). The van der Waals surface area contributed by atoms with Gasteiger partial charge in [0.2, 0.25) is 0 Å². The van der Waals surface area contributed by atoms with Crippen molar-refractivity contribution in [1.29, 1.82) is 0 Å². The Hall–Kier alpha value is -0.960. The van der Waals surface area contributed by atoms with Crippen LogP contribution in [0.3, 0.4) is 0 Å². The maximum absolute atomic E-state index is 11.4. The standard InChI is InChI=1S/C11H15NOS/c1-4-9-6-5-7-10(8-9)14-11(13)12(2)3/h5-8H,4H2,1-3H3. The normalized spacial score (nSPS) is 9.93. The van der Waals surface area contributed by atoms with Crippen LogP contribution >= 0.6 is 11.8 Å². The number of amides is 1. The van der Waals surface area contributed by atoms with E-state index in [1.807, 2.05) is 12.1 Å². The summed E-state index contributed by atoms with van der Waals surface area (Å²) in [4.78, 5) is 14.0. The van der Waals surface area contributed by atoms with Crippen molar-refractivity contribution < 1.29 is 4.79 Å². The van der Waals surface area contributed by atoms with Crippen LogP contribution in [0.2, 0.25) is 0 Å². The Balaban J connectivity index is 2.72. The van der Waals surface area contributed by atoms with Gasteiger partial charge in [0.15, 0.2) is 0 Å². The van der Waals surface area contributed by atoms with Crippen LogP contribution < -0.4 is 0 Å². The van der Waals surface area contributed by atoms with Gasteiger partial charge in [-0.05, 0) is 35.9 Å². The highest BCUT2D eigenvalue weighted by atomic mass is 32.2.